The Bertz CT molecular complexity index is 834. The van der Waals surface area contributed by atoms with E-state index >= 15 is 0 Å². The van der Waals surface area contributed by atoms with Crippen LogP contribution in [-0.2, 0) is 6.54 Å². The third-order valence-corrected chi connectivity index (χ3v) is 5.24. The van der Waals surface area contributed by atoms with E-state index in [9.17, 15) is 0 Å². The predicted molar refractivity (Wildman–Crippen MR) is 99.3 cm³/mol. The molecule has 4 rings (SSSR count). The van der Waals surface area contributed by atoms with E-state index in [2.05, 4.69) is 63.4 Å². The normalized spacial score (nSPS) is 18.6. The van der Waals surface area contributed by atoms with Crippen LogP contribution in [-0.4, -0.2) is 38.4 Å². The molecular formula is C20H25N5. The van der Waals surface area contributed by atoms with Crippen molar-refractivity contribution in [3.05, 3.63) is 59.0 Å². The van der Waals surface area contributed by atoms with Gasteiger partial charge in [-0.2, -0.15) is 10.2 Å². The summed E-state index contributed by atoms with van der Waals surface area (Å²) in [5.41, 5.74) is 7.51. The van der Waals surface area contributed by atoms with Gasteiger partial charge >= 0.3 is 0 Å². The molecule has 5 heteroatoms. The molecule has 2 N–H and O–H groups in total. The highest BCUT2D eigenvalue weighted by atomic mass is 15.2. The Morgan fingerprint density at radius 3 is 2.92 bits per heavy atom. The second-order valence-electron chi connectivity index (χ2n) is 7.17. The molecule has 0 bridgehead atoms. The Morgan fingerprint density at radius 2 is 2.08 bits per heavy atom. The van der Waals surface area contributed by atoms with Crippen molar-refractivity contribution in [3.63, 3.8) is 0 Å². The fraction of sp³-hybridized carbons (Fsp3) is 0.400. The van der Waals surface area contributed by atoms with Gasteiger partial charge in [-0.25, -0.2) is 0 Å². The van der Waals surface area contributed by atoms with E-state index in [1.807, 2.05) is 12.4 Å². The first kappa shape index (κ1) is 16.1. The summed E-state index contributed by atoms with van der Waals surface area (Å²) in [4.78, 5) is 2.54. The van der Waals surface area contributed by atoms with Crippen LogP contribution >= 0.6 is 0 Å². The number of aryl methyl sites for hydroxylation is 2. The van der Waals surface area contributed by atoms with Crippen LogP contribution in [0.25, 0.3) is 11.3 Å². The third kappa shape index (κ3) is 3.37. The quantitative estimate of drug-likeness (QED) is 0.762. The SMILES string of the molecule is Cc1ccc(C)c(-c2[nH]ncc2CN2CCCC(c3ccn[nH]3)C2)c1. The van der Waals surface area contributed by atoms with Gasteiger partial charge < -0.3 is 0 Å². The number of aromatic nitrogens is 4. The zero-order chi connectivity index (χ0) is 17.2. The first-order chi connectivity index (χ1) is 12.2. The fourth-order valence-electron chi connectivity index (χ4n) is 3.86. The van der Waals surface area contributed by atoms with Crippen molar-refractivity contribution in [2.45, 2.75) is 39.2 Å². The second kappa shape index (κ2) is 6.84. The molecule has 0 spiro atoms. The van der Waals surface area contributed by atoms with Crippen LogP contribution in [0.1, 0.15) is 41.1 Å². The molecule has 1 aliphatic rings. The molecule has 1 saturated heterocycles. The summed E-state index contributed by atoms with van der Waals surface area (Å²) in [7, 11) is 0. The van der Waals surface area contributed by atoms with Gasteiger partial charge in [-0.05, 0) is 50.9 Å². The number of likely N-dealkylation sites (tertiary alicyclic amines) is 1. The van der Waals surface area contributed by atoms with Gasteiger partial charge in [-0.1, -0.05) is 17.7 Å². The minimum atomic E-state index is 0.548. The molecule has 3 aromatic rings. The Kier molecular flexibility index (Phi) is 4.40. The summed E-state index contributed by atoms with van der Waals surface area (Å²) >= 11 is 0. The number of piperidine rings is 1. The van der Waals surface area contributed by atoms with E-state index in [0.717, 1.165) is 25.3 Å². The zero-order valence-corrected chi connectivity index (χ0v) is 14.9. The summed E-state index contributed by atoms with van der Waals surface area (Å²) in [5, 5.41) is 14.8. The largest absolute Gasteiger partial charge is 0.298 e. The van der Waals surface area contributed by atoms with Crippen molar-refractivity contribution in [1.29, 1.82) is 0 Å². The van der Waals surface area contributed by atoms with Crippen molar-refractivity contribution >= 4 is 0 Å². The number of nitrogens with zero attached hydrogens (tertiary/aromatic N) is 3. The molecule has 1 atom stereocenters. The lowest BCUT2D eigenvalue weighted by Crippen LogP contribution is -2.34. The highest BCUT2D eigenvalue weighted by molar-refractivity contribution is 5.67. The summed E-state index contributed by atoms with van der Waals surface area (Å²) in [6, 6.07) is 8.70. The number of nitrogens with one attached hydrogen (secondary N) is 2. The van der Waals surface area contributed by atoms with Crippen molar-refractivity contribution in [1.82, 2.24) is 25.3 Å². The molecule has 1 fully saturated rings. The third-order valence-electron chi connectivity index (χ3n) is 5.24. The van der Waals surface area contributed by atoms with Gasteiger partial charge in [0.1, 0.15) is 0 Å². The van der Waals surface area contributed by atoms with Crippen molar-refractivity contribution in [2.75, 3.05) is 13.1 Å². The molecule has 2 aromatic heterocycles. The minimum Gasteiger partial charge on any atom is -0.298 e. The highest BCUT2D eigenvalue weighted by Crippen LogP contribution is 2.30. The van der Waals surface area contributed by atoms with Gasteiger partial charge in [0.05, 0.1) is 11.9 Å². The number of benzene rings is 1. The van der Waals surface area contributed by atoms with E-state index in [4.69, 9.17) is 0 Å². The van der Waals surface area contributed by atoms with Crippen LogP contribution in [0.3, 0.4) is 0 Å². The van der Waals surface area contributed by atoms with Crippen molar-refractivity contribution < 1.29 is 0 Å². The molecule has 25 heavy (non-hydrogen) atoms. The van der Waals surface area contributed by atoms with E-state index in [1.165, 1.54) is 40.8 Å². The lowest BCUT2D eigenvalue weighted by molar-refractivity contribution is 0.198. The van der Waals surface area contributed by atoms with Crippen LogP contribution in [0.5, 0.6) is 0 Å². The second-order valence-corrected chi connectivity index (χ2v) is 7.17. The van der Waals surface area contributed by atoms with Gasteiger partial charge in [0.25, 0.3) is 0 Å². The van der Waals surface area contributed by atoms with E-state index in [0.29, 0.717) is 5.92 Å². The molecule has 5 nitrogen and oxygen atoms in total. The standard InChI is InChI=1S/C20H25N5/c1-14-5-6-15(2)18(10-14)20-17(11-22-24-20)13-25-9-3-4-16(12-25)19-7-8-21-23-19/h5-8,10-11,16H,3-4,9,12-13H2,1-2H3,(H,21,23)(H,22,24). The molecule has 0 aliphatic carbocycles. The number of hydrogen-bond donors (Lipinski definition) is 2. The Hall–Kier alpha value is -2.40. The summed E-state index contributed by atoms with van der Waals surface area (Å²) in [6.45, 7) is 7.44. The van der Waals surface area contributed by atoms with E-state index in [-0.39, 0.29) is 0 Å². The Labute approximate surface area is 148 Å². The maximum Gasteiger partial charge on any atom is 0.0698 e. The fourth-order valence-corrected chi connectivity index (χ4v) is 3.86. The van der Waals surface area contributed by atoms with Crippen LogP contribution in [0, 0.1) is 13.8 Å². The Balaban J connectivity index is 1.54. The van der Waals surface area contributed by atoms with Crippen LogP contribution in [0.2, 0.25) is 0 Å². The number of aromatic amines is 2. The Morgan fingerprint density at radius 1 is 1.16 bits per heavy atom. The van der Waals surface area contributed by atoms with Gasteiger partial charge in [0.2, 0.25) is 0 Å². The molecule has 0 radical (unpaired) electrons. The topological polar surface area (TPSA) is 60.6 Å². The van der Waals surface area contributed by atoms with Gasteiger partial charge in [-0.15, -0.1) is 0 Å². The molecular weight excluding hydrogens is 310 g/mol. The van der Waals surface area contributed by atoms with Crippen molar-refractivity contribution in [2.24, 2.45) is 0 Å². The maximum absolute atomic E-state index is 4.34. The maximum atomic E-state index is 4.34. The van der Waals surface area contributed by atoms with Crippen LogP contribution < -0.4 is 0 Å². The van der Waals surface area contributed by atoms with Gasteiger partial charge in [0.15, 0.2) is 0 Å². The van der Waals surface area contributed by atoms with Crippen LogP contribution in [0.4, 0.5) is 0 Å². The zero-order valence-electron chi connectivity index (χ0n) is 14.9. The average molecular weight is 335 g/mol. The molecule has 130 valence electrons. The van der Waals surface area contributed by atoms with E-state index < -0.39 is 0 Å². The lowest BCUT2D eigenvalue weighted by atomic mass is 9.94. The van der Waals surface area contributed by atoms with Gasteiger partial charge in [-0.3, -0.25) is 15.1 Å². The average Bonchev–Trinajstić information content (AvgIpc) is 3.29. The number of hydrogen-bond acceptors (Lipinski definition) is 3. The lowest BCUT2D eigenvalue weighted by Gasteiger charge is -2.32. The minimum absolute atomic E-state index is 0.548. The summed E-state index contributed by atoms with van der Waals surface area (Å²) in [5.74, 6) is 0.548. The summed E-state index contributed by atoms with van der Waals surface area (Å²) < 4.78 is 0. The molecule has 1 aromatic carbocycles. The number of H-pyrrole nitrogens is 2. The number of rotatable bonds is 4. The van der Waals surface area contributed by atoms with Crippen LogP contribution in [0.15, 0.2) is 36.7 Å². The summed E-state index contributed by atoms with van der Waals surface area (Å²) in [6.07, 6.45) is 6.29. The molecule has 0 amide bonds. The first-order valence-corrected chi connectivity index (χ1v) is 9.02. The highest BCUT2D eigenvalue weighted by Gasteiger charge is 2.23. The first-order valence-electron chi connectivity index (χ1n) is 9.02. The molecule has 1 aliphatic heterocycles. The molecule has 1 unspecified atom stereocenters. The van der Waals surface area contributed by atoms with Gasteiger partial charge in [0, 0.05) is 42.0 Å². The molecule has 0 saturated carbocycles. The molecule has 3 heterocycles. The predicted octanol–water partition coefficient (Wildman–Crippen LogP) is 3.80. The smallest absolute Gasteiger partial charge is 0.0698 e. The monoisotopic (exact) mass is 335 g/mol. The van der Waals surface area contributed by atoms with E-state index in [1.54, 1.807) is 0 Å². The van der Waals surface area contributed by atoms with Crippen molar-refractivity contribution in [3.8, 4) is 11.3 Å².